The first-order valence-corrected chi connectivity index (χ1v) is 10.6. The number of pyridine rings is 1. The van der Waals surface area contributed by atoms with Gasteiger partial charge in [0.2, 0.25) is 0 Å². The zero-order valence-electron chi connectivity index (χ0n) is 16.3. The number of benzene rings is 1. The Morgan fingerprint density at radius 3 is 2.52 bits per heavy atom. The molecule has 3 rings (SSSR count). The molecule has 1 aliphatic carbocycles. The van der Waals surface area contributed by atoms with E-state index in [-0.39, 0.29) is 11.5 Å². The lowest BCUT2D eigenvalue weighted by Crippen LogP contribution is -2.29. The molecule has 7 heteroatoms. The molecule has 0 atom stereocenters. The van der Waals surface area contributed by atoms with Crippen LogP contribution in [0.3, 0.4) is 0 Å². The summed E-state index contributed by atoms with van der Waals surface area (Å²) in [6.07, 6.45) is 8.72. The van der Waals surface area contributed by atoms with Crippen LogP contribution in [0.25, 0.3) is 11.3 Å². The Morgan fingerprint density at radius 2 is 1.83 bits per heavy atom. The number of rotatable bonds is 5. The molecule has 5 nitrogen and oxygen atoms in total. The molecule has 1 amide bonds. The number of nitrogens with zero attached hydrogens (tertiary/aromatic N) is 1. The topological polar surface area (TPSA) is 68.3 Å². The van der Waals surface area contributed by atoms with Crippen LogP contribution in [-0.4, -0.2) is 30.5 Å². The molecule has 1 N–H and O–H groups in total. The second-order valence-corrected chi connectivity index (χ2v) is 8.15. The minimum Gasteiger partial charge on any atom is -0.465 e. The molecule has 0 aliphatic heterocycles. The first-order valence-electron chi connectivity index (χ1n) is 9.81. The minimum absolute atomic E-state index is 0.227. The summed E-state index contributed by atoms with van der Waals surface area (Å²) in [7, 11) is 1.29. The van der Waals surface area contributed by atoms with Crippen molar-refractivity contribution in [2.24, 2.45) is 5.92 Å². The fourth-order valence-corrected chi connectivity index (χ4v) is 4.04. The highest BCUT2D eigenvalue weighted by atomic mass is 35.5. The number of halogens is 2. The van der Waals surface area contributed by atoms with E-state index in [9.17, 15) is 9.59 Å². The van der Waals surface area contributed by atoms with Gasteiger partial charge in [-0.05, 0) is 37.0 Å². The molecular weight excluding hydrogens is 411 g/mol. The van der Waals surface area contributed by atoms with Crippen molar-refractivity contribution < 1.29 is 14.3 Å². The van der Waals surface area contributed by atoms with Crippen LogP contribution in [0.4, 0.5) is 0 Å². The smallest absolute Gasteiger partial charge is 0.340 e. The summed E-state index contributed by atoms with van der Waals surface area (Å²) in [5.74, 6) is -0.272. The summed E-state index contributed by atoms with van der Waals surface area (Å²) < 4.78 is 4.83. The van der Waals surface area contributed by atoms with Crippen molar-refractivity contribution >= 4 is 35.1 Å². The first-order chi connectivity index (χ1) is 14.0. The van der Waals surface area contributed by atoms with E-state index < -0.39 is 5.97 Å². The molecule has 1 aromatic heterocycles. The molecule has 0 unspecified atom stereocenters. The number of ether oxygens (including phenoxy) is 1. The Kier molecular flexibility index (Phi) is 7.51. The van der Waals surface area contributed by atoms with Crippen LogP contribution in [0, 0.1) is 5.92 Å². The quantitative estimate of drug-likeness (QED) is 0.495. The molecule has 1 fully saturated rings. The van der Waals surface area contributed by atoms with Gasteiger partial charge in [0.15, 0.2) is 0 Å². The van der Waals surface area contributed by atoms with E-state index in [0.717, 1.165) is 12.8 Å². The van der Waals surface area contributed by atoms with Gasteiger partial charge in [-0.25, -0.2) is 4.79 Å². The number of carbonyl (C=O) groups is 2. The van der Waals surface area contributed by atoms with Crippen LogP contribution in [0.2, 0.25) is 10.0 Å². The third kappa shape index (κ3) is 5.49. The summed E-state index contributed by atoms with van der Waals surface area (Å²) in [6.45, 7) is 0.645. The summed E-state index contributed by atoms with van der Waals surface area (Å²) in [5.41, 5.74) is 1.55. The maximum atomic E-state index is 12.8. The number of hydrogen-bond acceptors (Lipinski definition) is 4. The van der Waals surface area contributed by atoms with Gasteiger partial charge in [0.1, 0.15) is 0 Å². The maximum absolute atomic E-state index is 12.8. The van der Waals surface area contributed by atoms with Gasteiger partial charge in [-0.1, -0.05) is 55.0 Å². The number of aromatic nitrogens is 1. The van der Waals surface area contributed by atoms with Crippen LogP contribution in [0.1, 0.15) is 59.2 Å². The molecule has 1 aliphatic rings. The highest BCUT2D eigenvalue weighted by Crippen LogP contribution is 2.29. The Balaban J connectivity index is 1.83. The Labute approximate surface area is 180 Å². The molecule has 154 valence electrons. The monoisotopic (exact) mass is 434 g/mol. The second-order valence-electron chi connectivity index (χ2n) is 7.30. The average molecular weight is 435 g/mol. The molecule has 1 heterocycles. The highest BCUT2D eigenvalue weighted by Gasteiger charge is 2.19. The fraction of sp³-hybridized carbons (Fsp3) is 0.409. The van der Waals surface area contributed by atoms with E-state index in [1.54, 1.807) is 18.2 Å². The zero-order chi connectivity index (χ0) is 20.8. The molecule has 0 saturated heterocycles. The fourth-order valence-electron chi connectivity index (χ4n) is 3.68. The number of amides is 1. The number of carbonyl (C=O) groups excluding carboxylic acids is 2. The largest absolute Gasteiger partial charge is 0.465 e. The minimum atomic E-state index is -0.552. The van der Waals surface area contributed by atoms with Gasteiger partial charge >= 0.3 is 5.97 Å². The van der Waals surface area contributed by atoms with E-state index in [1.165, 1.54) is 45.1 Å². The van der Waals surface area contributed by atoms with Gasteiger partial charge in [0.25, 0.3) is 5.91 Å². The molecule has 0 radical (unpaired) electrons. The van der Waals surface area contributed by atoms with E-state index in [0.29, 0.717) is 39.3 Å². The van der Waals surface area contributed by atoms with Gasteiger partial charge in [-0.2, -0.15) is 0 Å². The molecule has 29 heavy (non-hydrogen) atoms. The summed E-state index contributed by atoms with van der Waals surface area (Å²) >= 11 is 12.3. The van der Waals surface area contributed by atoms with Crippen LogP contribution in [0.5, 0.6) is 0 Å². The Hall–Kier alpha value is -2.11. The maximum Gasteiger partial charge on any atom is 0.340 e. The van der Waals surface area contributed by atoms with Crippen molar-refractivity contribution in [2.75, 3.05) is 13.7 Å². The van der Waals surface area contributed by atoms with Gasteiger partial charge in [0, 0.05) is 18.3 Å². The van der Waals surface area contributed by atoms with Crippen molar-refractivity contribution in [3.63, 3.8) is 0 Å². The number of methoxy groups -OCH3 is 1. The lowest BCUT2D eigenvalue weighted by Gasteiger charge is -2.16. The molecule has 0 bridgehead atoms. The van der Waals surface area contributed by atoms with Crippen LogP contribution < -0.4 is 5.32 Å². The Morgan fingerprint density at radius 1 is 1.10 bits per heavy atom. The van der Waals surface area contributed by atoms with Crippen molar-refractivity contribution in [3.8, 4) is 11.3 Å². The lowest BCUT2D eigenvalue weighted by molar-refractivity contribution is 0.0601. The van der Waals surface area contributed by atoms with Crippen molar-refractivity contribution in [1.82, 2.24) is 10.3 Å². The predicted molar refractivity (Wildman–Crippen MR) is 115 cm³/mol. The normalized spacial score (nSPS) is 14.9. The predicted octanol–water partition coefficient (Wildman–Crippen LogP) is 5.54. The molecule has 0 spiro atoms. The standard InChI is InChI=1S/C22H24Cl2N2O3/c1-29-22(28)18-11-16(23)13-25-20(18)15-8-9-19(24)17(10-15)21(27)26-12-14-6-4-2-3-5-7-14/h8-11,13-14H,2-7,12H2,1H3,(H,26,27). The second kappa shape index (κ2) is 10.1. The summed E-state index contributed by atoms with van der Waals surface area (Å²) in [4.78, 5) is 29.2. The average Bonchev–Trinajstić information content (AvgIpc) is 3.00. The van der Waals surface area contributed by atoms with Gasteiger partial charge in [0.05, 0.1) is 34.0 Å². The van der Waals surface area contributed by atoms with E-state index >= 15 is 0 Å². The van der Waals surface area contributed by atoms with E-state index in [2.05, 4.69) is 10.3 Å². The van der Waals surface area contributed by atoms with Crippen molar-refractivity contribution in [3.05, 3.63) is 51.6 Å². The van der Waals surface area contributed by atoms with Crippen LogP contribution >= 0.6 is 23.2 Å². The summed E-state index contributed by atoms with van der Waals surface area (Å²) in [5, 5.41) is 3.69. The number of nitrogens with one attached hydrogen (secondary N) is 1. The van der Waals surface area contributed by atoms with Gasteiger partial charge in [-0.3, -0.25) is 9.78 Å². The third-order valence-corrected chi connectivity index (χ3v) is 5.81. The van der Waals surface area contributed by atoms with Crippen LogP contribution in [0.15, 0.2) is 30.5 Å². The lowest BCUT2D eigenvalue weighted by atomic mass is 10.00. The molecule has 1 saturated carbocycles. The van der Waals surface area contributed by atoms with Gasteiger partial charge < -0.3 is 10.1 Å². The zero-order valence-corrected chi connectivity index (χ0v) is 17.9. The third-order valence-electron chi connectivity index (χ3n) is 5.27. The van der Waals surface area contributed by atoms with Crippen molar-refractivity contribution in [1.29, 1.82) is 0 Å². The molecular formula is C22H24Cl2N2O3. The van der Waals surface area contributed by atoms with Crippen LogP contribution in [-0.2, 0) is 4.74 Å². The first kappa shape index (κ1) is 21.6. The Bertz CT molecular complexity index is 894. The van der Waals surface area contributed by atoms with E-state index in [1.807, 2.05) is 0 Å². The number of esters is 1. The van der Waals surface area contributed by atoms with Crippen molar-refractivity contribution in [2.45, 2.75) is 38.5 Å². The SMILES string of the molecule is COC(=O)c1cc(Cl)cnc1-c1ccc(Cl)c(C(=O)NCC2CCCCCC2)c1. The molecule has 2 aromatic rings. The van der Waals surface area contributed by atoms with Gasteiger partial charge in [-0.15, -0.1) is 0 Å². The van der Waals surface area contributed by atoms with E-state index in [4.69, 9.17) is 27.9 Å². The highest BCUT2D eigenvalue weighted by molar-refractivity contribution is 6.34. The summed E-state index contributed by atoms with van der Waals surface area (Å²) in [6, 6.07) is 6.49. The number of hydrogen-bond donors (Lipinski definition) is 1. The molecule has 1 aromatic carbocycles.